The molecule has 2 N–H and O–H groups in total. The summed E-state index contributed by atoms with van der Waals surface area (Å²) in [5.41, 5.74) is 0. The van der Waals surface area contributed by atoms with E-state index in [-0.39, 0.29) is 0 Å². The molecule has 0 aliphatic carbocycles. The lowest BCUT2D eigenvalue weighted by atomic mass is 10.2. The van der Waals surface area contributed by atoms with Gasteiger partial charge in [-0.15, -0.1) is 0 Å². The first kappa shape index (κ1) is 15.2. The maximum absolute atomic E-state index is 4.22. The third kappa shape index (κ3) is 5.23. The Morgan fingerprint density at radius 2 is 1.89 bits per heavy atom. The summed E-state index contributed by atoms with van der Waals surface area (Å²) in [4.78, 5) is 9.15. The van der Waals surface area contributed by atoms with Crippen LogP contribution in [0.1, 0.15) is 20.3 Å². The van der Waals surface area contributed by atoms with E-state index in [0.717, 1.165) is 25.5 Å². The highest BCUT2D eigenvalue weighted by Crippen LogP contribution is 2.03. The average Bonchev–Trinajstić information content (AvgIpc) is 2.39. The standard InChI is InChI=1S/C13H29N5/c1-5-6-15-13(14-3)16-11-12(2)18-9-7-17(4)8-10-18/h12H,5-11H2,1-4H3,(H2,14,15,16). The fourth-order valence-electron chi connectivity index (χ4n) is 2.10. The number of rotatable bonds is 5. The van der Waals surface area contributed by atoms with Crippen LogP contribution < -0.4 is 10.6 Å². The minimum Gasteiger partial charge on any atom is -0.356 e. The number of hydrogen-bond acceptors (Lipinski definition) is 3. The number of likely N-dealkylation sites (N-methyl/N-ethyl adjacent to an activating group) is 1. The van der Waals surface area contributed by atoms with Crippen LogP contribution in [0.3, 0.4) is 0 Å². The maximum Gasteiger partial charge on any atom is 0.191 e. The van der Waals surface area contributed by atoms with Crippen molar-refractivity contribution in [3.8, 4) is 0 Å². The molecule has 18 heavy (non-hydrogen) atoms. The first-order valence-corrected chi connectivity index (χ1v) is 7.04. The van der Waals surface area contributed by atoms with Crippen molar-refractivity contribution >= 4 is 5.96 Å². The van der Waals surface area contributed by atoms with Crippen LogP contribution in [0, 0.1) is 0 Å². The molecule has 1 unspecified atom stereocenters. The first-order chi connectivity index (χ1) is 8.67. The van der Waals surface area contributed by atoms with Gasteiger partial charge in [-0.25, -0.2) is 0 Å². The van der Waals surface area contributed by atoms with Gasteiger partial charge in [0, 0.05) is 52.4 Å². The predicted molar refractivity (Wildman–Crippen MR) is 78.2 cm³/mol. The number of aliphatic imine (C=N–C) groups is 1. The van der Waals surface area contributed by atoms with Gasteiger partial charge in [0.1, 0.15) is 0 Å². The lowest BCUT2D eigenvalue weighted by Crippen LogP contribution is -2.52. The minimum atomic E-state index is 0.555. The Morgan fingerprint density at radius 1 is 1.22 bits per heavy atom. The van der Waals surface area contributed by atoms with Crippen molar-refractivity contribution in [2.75, 3.05) is 53.4 Å². The summed E-state index contributed by atoms with van der Waals surface area (Å²) in [6.07, 6.45) is 1.12. The van der Waals surface area contributed by atoms with E-state index in [2.05, 4.69) is 46.3 Å². The highest BCUT2D eigenvalue weighted by atomic mass is 15.3. The highest BCUT2D eigenvalue weighted by Gasteiger charge is 2.18. The van der Waals surface area contributed by atoms with Crippen molar-refractivity contribution in [1.29, 1.82) is 0 Å². The SMILES string of the molecule is CCCNC(=NC)NCC(C)N1CCN(C)CC1. The van der Waals surface area contributed by atoms with E-state index in [4.69, 9.17) is 0 Å². The topological polar surface area (TPSA) is 42.9 Å². The quantitative estimate of drug-likeness (QED) is 0.544. The molecule has 1 aliphatic rings. The largest absolute Gasteiger partial charge is 0.356 e. The van der Waals surface area contributed by atoms with Gasteiger partial charge in [0.05, 0.1) is 0 Å². The molecule has 1 heterocycles. The van der Waals surface area contributed by atoms with Gasteiger partial charge in [-0.05, 0) is 20.4 Å². The fourth-order valence-corrected chi connectivity index (χ4v) is 2.10. The Bertz CT molecular complexity index is 246. The minimum absolute atomic E-state index is 0.555. The lowest BCUT2D eigenvalue weighted by molar-refractivity contribution is 0.120. The van der Waals surface area contributed by atoms with Crippen LogP contribution in [-0.4, -0.2) is 75.2 Å². The van der Waals surface area contributed by atoms with Crippen LogP contribution in [0.2, 0.25) is 0 Å². The Labute approximate surface area is 112 Å². The second-order valence-electron chi connectivity index (χ2n) is 5.07. The summed E-state index contributed by atoms with van der Waals surface area (Å²) in [6.45, 7) is 11.1. The molecule has 0 aromatic rings. The molecule has 106 valence electrons. The normalized spacial score (nSPS) is 20.8. The Balaban J connectivity index is 2.25. The molecule has 5 heteroatoms. The van der Waals surface area contributed by atoms with Gasteiger partial charge in [0.15, 0.2) is 5.96 Å². The average molecular weight is 255 g/mol. The molecular weight excluding hydrogens is 226 g/mol. The van der Waals surface area contributed by atoms with Gasteiger partial charge < -0.3 is 15.5 Å². The van der Waals surface area contributed by atoms with Crippen molar-refractivity contribution in [3.05, 3.63) is 0 Å². The number of guanidine groups is 1. The Morgan fingerprint density at radius 3 is 2.44 bits per heavy atom. The number of piperazine rings is 1. The zero-order valence-corrected chi connectivity index (χ0v) is 12.4. The van der Waals surface area contributed by atoms with Gasteiger partial charge in [-0.2, -0.15) is 0 Å². The molecule has 0 bridgehead atoms. The summed E-state index contributed by atoms with van der Waals surface area (Å²) in [6, 6.07) is 0.555. The van der Waals surface area contributed by atoms with Gasteiger partial charge in [-0.3, -0.25) is 9.89 Å². The van der Waals surface area contributed by atoms with Gasteiger partial charge >= 0.3 is 0 Å². The second kappa shape index (κ2) is 8.32. The molecular formula is C13H29N5. The van der Waals surface area contributed by atoms with Crippen LogP contribution in [0.4, 0.5) is 0 Å². The molecule has 0 spiro atoms. The van der Waals surface area contributed by atoms with E-state index < -0.39 is 0 Å². The van der Waals surface area contributed by atoms with Gasteiger partial charge in [0.2, 0.25) is 0 Å². The van der Waals surface area contributed by atoms with Crippen LogP contribution in [0.5, 0.6) is 0 Å². The summed E-state index contributed by atoms with van der Waals surface area (Å²) < 4.78 is 0. The molecule has 1 rings (SSSR count). The van der Waals surface area contributed by atoms with Crippen molar-refractivity contribution in [3.63, 3.8) is 0 Å². The smallest absolute Gasteiger partial charge is 0.191 e. The second-order valence-corrected chi connectivity index (χ2v) is 5.07. The van der Waals surface area contributed by atoms with Crippen LogP contribution in [0.15, 0.2) is 4.99 Å². The third-order valence-electron chi connectivity index (χ3n) is 3.49. The molecule has 0 amide bonds. The van der Waals surface area contributed by atoms with Crippen LogP contribution in [0.25, 0.3) is 0 Å². The molecule has 1 saturated heterocycles. The van der Waals surface area contributed by atoms with E-state index in [9.17, 15) is 0 Å². The summed E-state index contributed by atoms with van der Waals surface area (Å²) in [5.74, 6) is 0.915. The maximum atomic E-state index is 4.22. The monoisotopic (exact) mass is 255 g/mol. The molecule has 0 radical (unpaired) electrons. The first-order valence-electron chi connectivity index (χ1n) is 7.04. The van der Waals surface area contributed by atoms with Crippen LogP contribution >= 0.6 is 0 Å². The summed E-state index contributed by atoms with van der Waals surface area (Å²) in [7, 11) is 4.02. The fraction of sp³-hybridized carbons (Fsp3) is 0.923. The van der Waals surface area contributed by atoms with Gasteiger partial charge in [-0.1, -0.05) is 6.92 Å². The number of nitrogens with one attached hydrogen (secondary N) is 2. The third-order valence-corrected chi connectivity index (χ3v) is 3.49. The summed E-state index contributed by atoms with van der Waals surface area (Å²) in [5, 5.41) is 6.69. The van der Waals surface area contributed by atoms with Crippen LogP contribution in [-0.2, 0) is 0 Å². The number of nitrogens with zero attached hydrogens (tertiary/aromatic N) is 3. The molecule has 5 nitrogen and oxygen atoms in total. The Kier molecular flexibility index (Phi) is 7.05. The molecule has 0 aromatic heterocycles. The summed E-state index contributed by atoms with van der Waals surface area (Å²) >= 11 is 0. The zero-order chi connectivity index (χ0) is 13.4. The van der Waals surface area contributed by atoms with E-state index in [0.29, 0.717) is 6.04 Å². The molecule has 0 aromatic carbocycles. The van der Waals surface area contributed by atoms with E-state index in [1.54, 1.807) is 0 Å². The lowest BCUT2D eigenvalue weighted by Gasteiger charge is -2.36. The van der Waals surface area contributed by atoms with Crippen molar-refractivity contribution in [1.82, 2.24) is 20.4 Å². The molecule has 0 saturated carbocycles. The molecule has 1 fully saturated rings. The zero-order valence-electron chi connectivity index (χ0n) is 12.4. The molecule has 1 atom stereocenters. The molecule has 1 aliphatic heterocycles. The van der Waals surface area contributed by atoms with E-state index in [1.807, 2.05) is 7.05 Å². The van der Waals surface area contributed by atoms with Crippen molar-refractivity contribution in [2.24, 2.45) is 4.99 Å². The van der Waals surface area contributed by atoms with E-state index >= 15 is 0 Å². The Hall–Kier alpha value is -0.810. The van der Waals surface area contributed by atoms with E-state index in [1.165, 1.54) is 26.2 Å². The highest BCUT2D eigenvalue weighted by molar-refractivity contribution is 5.79. The number of hydrogen-bond donors (Lipinski definition) is 2. The van der Waals surface area contributed by atoms with Gasteiger partial charge in [0.25, 0.3) is 0 Å². The van der Waals surface area contributed by atoms with Crippen molar-refractivity contribution < 1.29 is 0 Å². The van der Waals surface area contributed by atoms with Crippen molar-refractivity contribution in [2.45, 2.75) is 26.3 Å². The predicted octanol–water partition coefficient (Wildman–Crippen LogP) is 0.197.